The van der Waals surface area contributed by atoms with Gasteiger partial charge in [-0.1, -0.05) is 18.2 Å². The minimum Gasteiger partial charge on any atom is -0.480 e. The van der Waals surface area contributed by atoms with Gasteiger partial charge in [0.25, 0.3) is 0 Å². The third-order valence-electron chi connectivity index (χ3n) is 5.95. The highest BCUT2D eigenvalue weighted by Crippen LogP contribution is 2.53. The number of para-hydroxylation sites is 1. The van der Waals surface area contributed by atoms with Crippen molar-refractivity contribution >= 4 is 30.8 Å². The van der Waals surface area contributed by atoms with Crippen LogP contribution in [0.3, 0.4) is 0 Å². The average molecular weight is 490 g/mol. The van der Waals surface area contributed by atoms with Gasteiger partial charge in [-0.3, -0.25) is 9.32 Å². The number of hydrogen-bond acceptors (Lipinski definition) is 9. The van der Waals surface area contributed by atoms with Crippen LogP contribution in [-0.2, 0) is 13.9 Å². The van der Waals surface area contributed by atoms with Crippen molar-refractivity contribution in [1.82, 2.24) is 24.2 Å². The van der Waals surface area contributed by atoms with E-state index in [1.165, 1.54) is 21.1 Å². The quantitative estimate of drug-likeness (QED) is 0.403. The monoisotopic (exact) mass is 490 g/mol. The number of aromatic nitrogens is 4. The van der Waals surface area contributed by atoms with Crippen molar-refractivity contribution < 1.29 is 28.3 Å². The Hall–Kier alpha value is -3.21. The van der Waals surface area contributed by atoms with Gasteiger partial charge < -0.3 is 24.7 Å². The van der Waals surface area contributed by atoms with Gasteiger partial charge in [-0.15, -0.1) is 0 Å². The summed E-state index contributed by atoms with van der Waals surface area (Å²) in [5.41, 5.74) is 6.91. The van der Waals surface area contributed by atoms with E-state index in [2.05, 4.69) is 15.0 Å². The van der Waals surface area contributed by atoms with Gasteiger partial charge in [0.05, 0.1) is 20.0 Å². The van der Waals surface area contributed by atoms with Gasteiger partial charge in [0, 0.05) is 6.04 Å². The molecule has 2 aromatic heterocycles. The maximum absolute atomic E-state index is 13.6. The topological polar surface area (TPSA) is 155 Å². The number of imidazole rings is 1. The Morgan fingerprint density at radius 3 is 2.68 bits per heavy atom. The van der Waals surface area contributed by atoms with E-state index in [1.54, 1.807) is 36.7 Å². The molecule has 4 rings (SSSR count). The molecule has 1 aliphatic rings. The fourth-order valence-corrected chi connectivity index (χ4v) is 5.42. The Morgan fingerprint density at radius 2 is 2.03 bits per heavy atom. The molecule has 3 N–H and O–H groups in total. The van der Waals surface area contributed by atoms with Crippen molar-refractivity contribution in [2.45, 2.75) is 31.8 Å². The second-order valence-corrected chi connectivity index (χ2v) is 10.2. The first-order valence-electron chi connectivity index (χ1n) is 10.7. The molecule has 12 nitrogen and oxygen atoms in total. The Morgan fingerprint density at radius 1 is 1.32 bits per heavy atom. The van der Waals surface area contributed by atoms with Gasteiger partial charge in [0.15, 0.2) is 11.2 Å². The molecule has 2 heterocycles. The number of fused-ring (bicyclic) bond motifs is 1. The zero-order valence-corrected chi connectivity index (χ0v) is 20.0. The van der Waals surface area contributed by atoms with Crippen LogP contribution in [0.5, 0.6) is 11.6 Å². The van der Waals surface area contributed by atoms with E-state index in [-0.39, 0.29) is 24.5 Å². The Balaban J connectivity index is 1.44. The average Bonchev–Trinajstić information content (AvgIpc) is 3.20. The summed E-state index contributed by atoms with van der Waals surface area (Å²) in [6.45, 7) is 1.57. The first kappa shape index (κ1) is 23.9. The van der Waals surface area contributed by atoms with Crippen molar-refractivity contribution in [1.29, 1.82) is 0 Å². The number of benzene rings is 1. The van der Waals surface area contributed by atoms with E-state index in [0.29, 0.717) is 22.8 Å². The van der Waals surface area contributed by atoms with Crippen molar-refractivity contribution in [2.75, 3.05) is 26.5 Å². The van der Waals surface area contributed by atoms with Crippen LogP contribution in [0.4, 0.5) is 5.95 Å². The molecule has 1 aliphatic carbocycles. The number of hydrogen-bond donors (Lipinski definition) is 2. The molecule has 13 heteroatoms. The Kier molecular flexibility index (Phi) is 6.74. The lowest BCUT2D eigenvalue weighted by molar-refractivity contribution is -0.140. The van der Waals surface area contributed by atoms with Crippen molar-refractivity contribution in [2.24, 2.45) is 5.92 Å². The molecule has 1 fully saturated rings. The molecular weight excluding hydrogens is 463 g/mol. The summed E-state index contributed by atoms with van der Waals surface area (Å²) in [5, 5.41) is 9.39. The predicted octanol–water partition coefficient (Wildman–Crippen LogP) is 2.98. The minimum atomic E-state index is -3.93. The van der Waals surface area contributed by atoms with Crippen LogP contribution in [0.15, 0.2) is 36.7 Å². The van der Waals surface area contributed by atoms with Gasteiger partial charge in [-0.05, 0) is 44.9 Å². The fourth-order valence-electron chi connectivity index (χ4n) is 3.75. The summed E-state index contributed by atoms with van der Waals surface area (Å²) >= 11 is 0. The molecule has 2 unspecified atom stereocenters. The van der Waals surface area contributed by atoms with E-state index in [4.69, 9.17) is 19.5 Å². The van der Waals surface area contributed by atoms with E-state index >= 15 is 0 Å². The standard InChI is InChI=1S/C21H27N6O6P/c1-13(20(28)29)26(2)34(30,33-16-7-5-4-6-8-16)32-11-14-9-15(10-14)27-12-23-17-18(27)24-21(22)25-19(17)31-3/h4-8,12-15H,9-11H2,1-3H3,(H,28,29)(H2,22,24,25). The van der Waals surface area contributed by atoms with Crippen LogP contribution in [0.1, 0.15) is 25.8 Å². The van der Waals surface area contributed by atoms with E-state index < -0.39 is 19.8 Å². The number of carboxylic acids is 1. The van der Waals surface area contributed by atoms with Crippen LogP contribution in [-0.4, -0.2) is 62.1 Å². The number of aliphatic carboxylic acids is 1. The SMILES string of the molecule is COc1nc(N)nc2c1ncn2C1CC(COP(=O)(Oc2ccccc2)N(C)C(C)C(=O)O)C1. The molecule has 2 atom stereocenters. The van der Waals surface area contributed by atoms with E-state index in [0.717, 1.165) is 17.5 Å². The first-order valence-corrected chi connectivity index (χ1v) is 12.2. The molecule has 0 bridgehead atoms. The molecule has 0 radical (unpaired) electrons. The maximum Gasteiger partial charge on any atom is 0.461 e. The summed E-state index contributed by atoms with van der Waals surface area (Å²) in [5.74, 6) is -0.298. The summed E-state index contributed by atoms with van der Waals surface area (Å²) in [6.07, 6.45) is 3.12. The molecule has 182 valence electrons. The van der Waals surface area contributed by atoms with Crippen LogP contribution in [0, 0.1) is 5.92 Å². The second kappa shape index (κ2) is 9.57. The van der Waals surface area contributed by atoms with Crippen molar-refractivity contribution in [3.05, 3.63) is 36.7 Å². The predicted molar refractivity (Wildman–Crippen MR) is 124 cm³/mol. The van der Waals surface area contributed by atoms with E-state index in [9.17, 15) is 14.5 Å². The number of likely N-dealkylation sites (N-methyl/N-ethyl adjacent to an activating group) is 1. The number of nitrogens with two attached hydrogens (primary N) is 1. The highest BCUT2D eigenvalue weighted by molar-refractivity contribution is 7.51. The maximum atomic E-state index is 13.6. The molecule has 0 amide bonds. The van der Waals surface area contributed by atoms with Gasteiger partial charge in [0.2, 0.25) is 11.8 Å². The number of nitrogen functional groups attached to an aromatic ring is 1. The molecule has 3 aromatic rings. The number of carboxylic acid groups (broad SMARTS) is 1. The first-order chi connectivity index (χ1) is 16.2. The number of rotatable bonds is 10. The van der Waals surface area contributed by atoms with Crippen LogP contribution < -0.4 is 15.0 Å². The lowest BCUT2D eigenvalue weighted by Gasteiger charge is -2.37. The van der Waals surface area contributed by atoms with Crippen molar-refractivity contribution in [3.63, 3.8) is 0 Å². The second-order valence-electron chi connectivity index (χ2n) is 8.16. The Bertz CT molecular complexity index is 1220. The molecular formula is C21H27N6O6P. The summed E-state index contributed by atoms with van der Waals surface area (Å²) < 4.78 is 33.4. The van der Waals surface area contributed by atoms with E-state index in [1.807, 2.05) is 4.57 Å². The van der Waals surface area contributed by atoms with Gasteiger partial charge in [-0.2, -0.15) is 14.6 Å². The van der Waals surface area contributed by atoms with Crippen LogP contribution >= 0.6 is 7.75 Å². The van der Waals surface area contributed by atoms with Gasteiger partial charge >= 0.3 is 13.7 Å². The molecule has 0 aliphatic heterocycles. The zero-order chi connectivity index (χ0) is 24.5. The number of nitrogens with zero attached hydrogens (tertiary/aromatic N) is 5. The summed E-state index contributed by atoms with van der Waals surface area (Å²) in [7, 11) is -1.02. The lowest BCUT2D eigenvalue weighted by Crippen LogP contribution is -2.36. The minimum absolute atomic E-state index is 0.0877. The smallest absolute Gasteiger partial charge is 0.461 e. The fraction of sp³-hybridized carbons (Fsp3) is 0.429. The molecule has 1 aromatic carbocycles. The lowest BCUT2D eigenvalue weighted by atomic mass is 9.81. The third-order valence-corrected chi connectivity index (χ3v) is 7.98. The number of carbonyl (C=O) groups is 1. The highest BCUT2D eigenvalue weighted by Gasteiger charge is 2.41. The molecule has 1 saturated carbocycles. The molecule has 0 spiro atoms. The third kappa shape index (κ3) is 4.70. The normalized spacial score (nSPS) is 20.5. The molecule has 0 saturated heterocycles. The largest absolute Gasteiger partial charge is 0.480 e. The van der Waals surface area contributed by atoms with Gasteiger partial charge in [-0.25, -0.2) is 9.55 Å². The summed E-state index contributed by atoms with van der Waals surface area (Å²) in [6, 6.07) is 7.57. The molecule has 34 heavy (non-hydrogen) atoms. The number of ether oxygens (including phenoxy) is 1. The zero-order valence-electron chi connectivity index (χ0n) is 19.1. The van der Waals surface area contributed by atoms with Gasteiger partial charge in [0.1, 0.15) is 11.8 Å². The van der Waals surface area contributed by atoms with Crippen molar-refractivity contribution in [3.8, 4) is 11.6 Å². The highest BCUT2D eigenvalue weighted by atomic mass is 31.2. The summed E-state index contributed by atoms with van der Waals surface area (Å²) in [4.78, 5) is 24.2. The number of anilines is 1. The van der Waals surface area contributed by atoms with Crippen LogP contribution in [0.2, 0.25) is 0 Å². The Labute approximate surface area is 196 Å². The number of methoxy groups -OCH3 is 1. The van der Waals surface area contributed by atoms with Crippen LogP contribution in [0.25, 0.3) is 11.2 Å².